The maximum atomic E-state index is 14.9. The topological polar surface area (TPSA) is 55.8 Å². The zero-order valence-electron chi connectivity index (χ0n) is 36.3. The lowest BCUT2D eigenvalue weighted by molar-refractivity contribution is 0.295. The Morgan fingerprint density at radius 2 is 0.705 bits per heavy atom. The van der Waals surface area contributed by atoms with Crippen LogP contribution in [0.3, 0.4) is 0 Å². The number of phosphoric acid groups is 1. The highest BCUT2D eigenvalue weighted by Gasteiger charge is 2.39. The molecule has 1 N–H and O–H groups in total. The molecule has 1 aliphatic rings. The molecule has 0 spiro atoms. The van der Waals surface area contributed by atoms with E-state index in [1.54, 1.807) is 0 Å². The van der Waals surface area contributed by atoms with E-state index in [0.29, 0.717) is 11.5 Å². The third-order valence-corrected chi connectivity index (χ3v) is 13.1. The maximum absolute atomic E-state index is 14.9. The molecule has 0 aromatic heterocycles. The van der Waals surface area contributed by atoms with Gasteiger partial charge in [0.1, 0.15) is 11.5 Å². The summed E-state index contributed by atoms with van der Waals surface area (Å²) < 4.78 is 28.0. The Morgan fingerprint density at radius 1 is 0.393 bits per heavy atom. The molecule has 0 amide bonds. The minimum absolute atomic E-state index is 0.128. The first kappa shape index (κ1) is 40.5. The molecule has 0 bridgehead atoms. The molecule has 306 valence electrons. The van der Waals surface area contributed by atoms with E-state index in [-0.39, 0.29) is 23.7 Å². The monoisotopic (exact) mass is 820 g/mol. The van der Waals surface area contributed by atoms with Crippen LogP contribution in [-0.2, 0) is 4.57 Å². The minimum atomic E-state index is -4.82. The summed E-state index contributed by atoms with van der Waals surface area (Å²) in [6.45, 7) is 17.7. The Labute approximate surface area is 360 Å². The summed E-state index contributed by atoms with van der Waals surface area (Å²) in [5, 5.41) is 3.84. The van der Waals surface area contributed by atoms with E-state index in [1.807, 2.05) is 24.3 Å². The first-order valence-electron chi connectivity index (χ1n) is 21.6. The van der Waals surface area contributed by atoms with Gasteiger partial charge in [0.25, 0.3) is 0 Å². The SMILES string of the molecule is CC(C)c1cc(-c2ccccc2)cc(C(C)C)c1-c1cc2ccccc2c2c1OP(=O)(O)Oc1c(-c3c(C(C)C)cc(-c4ccccc4)cc3C(C)C)cc3ccccc3c1-2. The van der Waals surface area contributed by atoms with Gasteiger partial charge < -0.3 is 9.05 Å². The largest absolute Gasteiger partial charge is 0.584 e. The van der Waals surface area contributed by atoms with Crippen molar-refractivity contribution < 1.29 is 18.5 Å². The standard InChI is InChI=1S/C56H53O4P/c1-33(2)45-29-41(37-19-11-9-12-20-37)30-46(34(3)4)51(45)49-27-39-23-15-17-25-43(39)53-54-44-26-18-16-24-40(44)28-50(56(54)60-61(57,58)59-55(49)53)52-47(35(5)6)31-42(32-48(52)36(7)8)38-21-13-10-14-22-38/h9-36H,1-8H3,(H,57,58). The van der Waals surface area contributed by atoms with Crippen molar-refractivity contribution in [1.29, 1.82) is 0 Å². The third kappa shape index (κ3) is 7.26. The lowest BCUT2D eigenvalue weighted by Gasteiger charge is -2.26. The predicted octanol–water partition coefficient (Wildman–Crippen LogP) is 16.7. The average molecular weight is 821 g/mol. The van der Waals surface area contributed by atoms with Gasteiger partial charge in [0.15, 0.2) is 0 Å². The Kier molecular flexibility index (Phi) is 10.5. The van der Waals surface area contributed by atoms with Crippen molar-refractivity contribution in [3.05, 3.63) is 168 Å². The fraction of sp³-hybridized carbons (Fsp3) is 0.214. The van der Waals surface area contributed by atoms with Gasteiger partial charge >= 0.3 is 7.82 Å². The summed E-state index contributed by atoms with van der Waals surface area (Å²) in [4.78, 5) is 12.1. The van der Waals surface area contributed by atoms with Gasteiger partial charge in [-0.25, -0.2) is 4.57 Å². The van der Waals surface area contributed by atoms with Gasteiger partial charge in [-0.3, -0.25) is 4.89 Å². The van der Waals surface area contributed by atoms with Crippen LogP contribution >= 0.6 is 7.82 Å². The van der Waals surface area contributed by atoms with Crippen LogP contribution < -0.4 is 9.05 Å². The normalized spacial score (nSPS) is 13.4. The van der Waals surface area contributed by atoms with Crippen molar-refractivity contribution in [2.45, 2.75) is 79.1 Å². The Hall–Kier alpha value is -5.93. The molecule has 0 fully saturated rings. The van der Waals surface area contributed by atoms with Crippen LogP contribution in [0.5, 0.6) is 11.5 Å². The molecular formula is C56H53O4P. The first-order valence-corrected chi connectivity index (χ1v) is 23.1. The van der Waals surface area contributed by atoms with Crippen LogP contribution in [0.1, 0.15) is 101 Å². The lowest BCUT2D eigenvalue weighted by Crippen LogP contribution is -2.05. The molecule has 0 atom stereocenters. The van der Waals surface area contributed by atoms with Gasteiger partial charge in [-0.2, -0.15) is 0 Å². The smallest absolute Gasteiger partial charge is 0.394 e. The molecule has 0 unspecified atom stereocenters. The Morgan fingerprint density at radius 3 is 1.03 bits per heavy atom. The molecule has 1 heterocycles. The predicted molar refractivity (Wildman–Crippen MR) is 256 cm³/mol. The van der Waals surface area contributed by atoms with E-state index in [1.165, 1.54) is 0 Å². The summed E-state index contributed by atoms with van der Waals surface area (Å²) in [6.07, 6.45) is 0. The molecule has 1 aliphatic heterocycles. The van der Waals surface area contributed by atoms with Crippen LogP contribution in [-0.4, -0.2) is 4.89 Å². The van der Waals surface area contributed by atoms with Crippen molar-refractivity contribution in [2.24, 2.45) is 0 Å². The summed E-state index contributed by atoms with van der Waals surface area (Å²) >= 11 is 0. The van der Waals surface area contributed by atoms with Gasteiger partial charge in [-0.1, -0.05) is 189 Å². The van der Waals surface area contributed by atoms with E-state index in [4.69, 9.17) is 9.05 Å². The Balaban J connectivity index is 1.44. The molecule has 0 saturated heterocycles. The summed E-state index contributed by atoms with van der Waals surface area (Å²) in [7, 11) is -4.82. The summed E-state index contributed by atoms with van der Waals surface area (Å²) in [5.41, 5.74) is 14.2. The molecule has 0 radical (unpaired) electrons. The fourth-order valence-corrected chi connectivity index (χ4v) is 10.3. The number of hydrogen-bond donors (Lipinski definition) is 1. The number of fused-ring (bicyclic) bond motifs is 7. The van der Waals surface area contributed by atoms with Crippen molar-refractivity contribution in [2.75, 3.05) is 0 Å². The van der Waals surface area contributed by atoms with E-state index >= 15 is 0 Å². The quantitative estimate of drug-likeness (QED) is 0.155. The Bertz CT molecular complexity index is 2760. The van der Waals surface area contributed by atoms with Gasteiger partial charge in [0.2, 0.25) is 0 Å². The first-order chi connectivity index (χ1) is 29.3. The molecule has 8 aromatic carbocycles. The zero-order valence-corrected chi connectivity index (χ0v) is 37.2. The lowest BCUT2D eigenvalue weighted by atomic mass is 9.79. The van der Waals surface area contributed by atoms with Gasteiger partial charge in [-0.15, -0.1) is 0 Å². The highest BCUT2D eigenvalue weighted by atomic mass is 31.2. The number of hydrogen-bond acceptors (Lipinski definition) is 3. The van der Waals surface area contributed by atoms with Crippen molar-refractivity contribution in [3.8, 4) is 67.1 Å². The van der Waals surface area contributed by atoms with Crippen molar-refractivity contribution >= 4 is 29.4 Å². The van der Waals surface area contributed by atoms with Crippen LogP contribution in [0.25, 0.3) is 77.2 Å². The molecule has 9 rings (SSSR count). The van der Waals surface area contributed by atoms with E-state index in [9.17, 15) is 9.46 Å². The molecule has 61 heavy (non-hydrogen) atoms. The number of phosphoric ester groups is 1. The molecule has 0 aliphatic carbocycles. The summed E-state index contributed by atoms with van der Waals surface area (Å²) in [5.74, 6) is 1.23. The molecule has 8 aromatic rings. The number of benzene rings is 8. The fourth-order valence-electron chi connectivity index (χ4n) is 9.38. The third-order valence-electron chi connectivity index (χ3n) is 12.3. The van der Waals surface area contributed by atoms with E-state index in [0.717, 1.165) is 99.4 Å². The van der Waals surface area contributed by atoms with Crippen LogP contribution in [0.2, 0.25) is 0 Å². The van der Waals surface area contributed by atoms with E-state index < -0.39 is 7.82 Å². The molecular weight excluding hydrogens is 768 g/mol. The van der Waals surface area contributed by atoms with Crippen LogP contribution in [0.4, 0.5) is 0 Å². The highest BCUT2D eigenvalue weighted by Crippen LogP contribution is 2.63. The van der Waals surface area contributed by atoms with Gasteiger partial charge in [-0.05, 0) is 113 Å². The maximum Gasteiger partial charge on any atom is 0.584 e. The van der Waals surface area contributed by atoms with Gasteiger partial charge in [0.05, 0.1) is 0 Å². The second-order valence-electron chi connectivity index (χ2n) is 17.8. The average Bonchev–Trinajstić information content (AvgIpc) is 3.38. The van der Waals surface area contributed by atoms with Crippen molar-refractivity contribution in [3.63, 3.8) is 0 Å². The number of rotatable bonds is 8. The minimum Gasteiger partial charge on any atom is -0.394 e. The second-order valence-corrected chi connectivity index (χ2v) is 19.1. The van der Waals surface area contributed by atoms with Crippen LogP contribution in [0, 0.1) is 0 Å². The van der Waals surface area contributed by atoms with Crippen LogP contribution in [0.15, 0.2) is 146 Å². The van der Waals surface area contributed by atoms with Crippen molar-refractivity contribution in [1.82, 2.24) is 0 Å². The zero-order chi connectivity index (χ0) is 42.7. The summed E-state index contributed by atoms with van der Waals surface area (Å²) in [6, 6.07) is 51.1. The second kappa shape index (κ2) is 15.8. The highest BCUT2D eigenvalue weighted by molar-refractivity contribution is 7.48. The molecule has 4 nitrogen and oxygen atoms in total. The van der Waals surface area contributed by atoms with E-state index in [2.05, 4.69) is 177 Å². The molecule has 5 heteroatoms. The van der Waals surface area contributed by atoms with Gasteiger partial charge in [0, 0.05) is 22.3 Å². The molecule has 0 saturated carbocycles.